The molecule has 0 atom stereocenters. The zero-order valence-corrected chi connectivity index (χ0v) is 12.1. The van der Waals surface area contributed by atoms with Crippen LogP contribution in [0.4, 0.5) is 0 Å². The molecule has 1 amide bonds. The summed E-state index contributed by atoms with van der Waals surface area (Å²) in [5, 5.41) is 15.8. The molecule has 0 saturated carbocycles. The van der Waals surface area contributed by atoms with Gasteiger partial charge in [0.2, 0.25) is 5.91 Å². The maximum Gasteiger partial charge on any atom is 0.305 e. The summed E-state index contributed by atoms with van der Waals surface area (Å²) in [6.45, 7) is 7.16. The smallest absolute Gasteiger partial charge is 0.305 e. The average molecular weight is 267 g/mol. The molecule has 0 aromatic carbocycles. The Morgan fingerprint density at radius 1 is 1.37 bits per heavy atom. The molecule has 0 fully saturated rings. The number of carboxylic acids is 1. The zero-order chi connectivity index (χ0) is 14.8. The number of hydrogen-bond donors (Lipinski definition) is 2. The molecule has 0 unspecified atom stereocenters. The Bertz CT molecular complexity index is 503. The first kappa shape index (κ1) is 15.2. The molecular formula is C13H21N3O3. The molecule has 1 rings (SSSR count). The third-order valence-electron chi connectivity index (χ3n) is 3.07. The van der Waals surface area contributed by atoms with Crippen LogP contribution in [0.15, 0.2) is 0 Å². The van der Waals surface area contributed by atoms with Crippen LogP contribution in [-0.4, -0.2) is 32.3 Å². The highest BCUT2D eigenvalue weighted by Gasteiger charge is 2.24. The monoisotopic (exact) mass is 267 g/mol. The van der Waals surface area contributed by atoms with Gasteiger partial charge in [0, 0.05) is 23.8 Å². The minimum absolute atomic E-state index is 0.107. The van der Waals surface area contributed by atoms with Crippen molar-refractivity contribution in [3.63, 3.8) is 0 Å². The average Bonchev–Trinajstić information content (AvgIpc) is 2.42. The summed E-state index contributed by atoms with van der Waals surface area (Å²) in [5.74, 6) is -1.12. The van der Waals surface area contributed by atoms with Crippen molar-refractivity contribution in [2.45, 2.75) is 46.1 Å². The number of nitrogens with one attached hydrogen (secondary N) is 1. The summed E-state index contributed by atoms with van der Waals surface area (Å²) in [6.07, 6.45) is 0.109. The van der Waals surface area contributed by atoms with E-state index in [4.69, 9.17) is 5.11 Å². The summed E-state index contributed by atoms with van der Waals surface area (Å²) in [5.41, 5.74) is 1.91. The van der Waals surface area contributed by atoms with E-state index in [1.54, 1.807) is 18.5 Å². The van der Waals surface area contributed by atoms with Gasteiger partial charge in [-0.15, -0.1) is 0 Å². The van der Waals surface area contributed by atoms with Crippen LogP contribution in [0, 0.1) is 13.8 Å². The van der Waals surface area contributed by atoms with Crippen molar-refractivity contribution in [1.29, 1.82) is 0 Å². The van der Waals surface area contributed by atoms with Crippen LogP contribution in [0.1, 0.15) is 37.2 Å². The van der Waals surface area contributed by atoms with Crippen molar-refractivity contribution in [1.82, 2.24) is 15.1 Å². The van der Waals surface area contributed by atoms with Gasteiger partial charge >= 0.3 is 5.97 Å². The van der Waals surface area contributed by atoms with Gasteiger partial charge in [0.05, 0.1) is 18.5 Å². The fourth-order valence-corrected chi connectivity index (χ4v) is 2.08. The van der Waals surface area contributed by atoms with Crippen LogP contribution in [0.2, 0.25) is 0 Å². The van der Waals surface area contributed by atoms with Crippen LogP contribution in [0.25, 0.3) is 0 Å². The number of aliphatic carboxylic acids is 1. The van der Waals surface area contributed by atoms with E-state index in [0.717, 1.165) is 17.0 Å². The molecule has 1 heterocycles. The maximum absolute atomic E-state index is 12.0. The maximum atomic E-state index is 12.0. The molecule has 6 nitrogen and oxygen atoms in total. The summed E-state index contributed by atoms with van der Waals surface area (Å²) >= 11 is 0. The third-order valence-corrected chi connectivity index (χ3v) is 3.07. The lowest BCUT2D eigenvalue weighted by Gasteiger charge is -2.24. The van der Waals surface area contributed by atoms with E-state index >= 15 is 0 Å². The second kappa shape index (κ2) is 5.42. The molecule has 2 N–H and O–H groups in total. The molecular weight excluding hydrogens is 246 g/mol. The van der Waals surface area contributed by atoms with Crippen molar-refractivity contribution in [3.05, 3.63) is 17.0 Å². The van der Waals surface area contributed by atoms with E-state index in [1.807, 2.05) is 20.9 Å². The van der Waals surface area contributed by atoms with Gasteiger partial charge in [-0.1, -0.05) is 0 Å². The van der Waals surface area contributed by atoms with Gasteiger partial charge in [-0.3, -0.25) is 14.3 Å². The molecule has 0 aliphatic rings. The van der Waals surface area contributed by atoms with E-state index in [1.165, 1.54) is 0 Å². The van der Waals surface area contributed by atoms with E-state index in [2.05, 4.69) is 10.4 Å². The predicted molar refractivity (Wildman–Crippen MR) is 70.9 cm³/mol. The Morgan fingerprint density at radius 2 is 1.95 bits per heavy atom. The van der Waals surface area contributed by atoms with Gasteiger partial charge < -0.3 is 10.4 Å². The highest BCUT2D eigenvalue weighted by molar-refractivity contribution is 5.80. The molecule has 1 aromatic heterocycles. The SMILES string of the molecule is Cc1nn(C)c(C)c1CC(=O)NC(C)(C)CC(=O)O. The lowest BCUT2D eigenvalue weighted by atomic mass is 10.00. The van der Waals surface area contributed by atoms with Crippen molar-refractivity contribution in [2.75, 3.05) is 0 Å². The molecule has 19 heavy (non-hydrogen) atoms. The van der Waals surface area contributed by atoms with Gasteiger partial charge in [-0.2, -0.15) is 5.10 Å². The summed E-state index contributed by atoms with van der Waals surface area (Å²) < 4.78 is 1.74. The standard InChI is InChI=1S/C13H21N3O3/c1-8-10(9(2)16(5)15-8)6-11(17)14-13(3,4)7-12(18)19/h6-7H2,1-5H3,(H,14,17)(H,18,19). The number of carbonyl (C=O) groups is 2. The minimum atomic E-state index is -0.931. The third kappa shape index (κ3) is 4.08. The number of rotatable bonds is 5. The first-order chi connectivity index (χ1) is 8.62. The summed E-state index contributed by atoms with van der Waals surface area (Å²) in [7, 11) is 1.83. The Kier molecular flexibility index (Phi) is 4.34. The summed E-state index contributed by atoms with van der Waals surface area (Å²) in [6, 6.07) is 0. The van der Waals surface area contributed by atoms with Gasteiger partial charge in [-0.25, -0.2) is 0 Å². The Balaban J connectivity index is 2.73. The van der Waals surface area contributed by atoms with Crippen LogP contribution >= 0.6 is 0 Å². The second-order valence-corrected chi connectivity index (χ2v) is 5.45. The second-order valence-electron chi connectivity index (χ2n) is 5.45. The Labute approximate surface area is 112 Å². The van der Waals surface area contributed by atoms with Crippen molar-refractivity contribution >= 4 is 11.9 Å². The molecule has 1 aromatic rings. The number of aryl methyl sites for hydroxylation is 2. The number of carbonyl (C=O) groups excluding carboxylic acids is 1. The Morgan fingerprint density at radius 3 is 2.37 bits per heavy atom. The van der Waals surface area contributed by atoms with Crippen molar-refractivity contribution < 1.29 is 14.7 Å². The number of carboxylic acid groups (broad SMARTS) is 1. The largest absolute Gasteiger partial charge is 0.481 e. The summed E-state index contributed by atoms with van der Waals surface area (Å²) in [4.78, 5) is 22.7. The zero-order valence-electron chi connectivity index (χ0n) is 12.1. The topological polar surface area (TPSA) is 84.2 Å². The molecule has 0 bridgehead atoms. The van der Waals surface area contributed by atoms with Crippen LogP contribution in [0.3, 0.4) is 0 Å². The minimum Gasteiger partial charge on any atom is -0.481 e. The van der Waals surface area contributed by atoms with Crippen LogP contribution in [-0.2, 0) is 23.1 Å². The predicted octanol–water partition coefficient (Wildman–Crippen LogP) is 0.949. The van der Waals surface area contributed by atoms with E-state index in [0.29, 0.717) is 0 Å². The highest BCUT2D eigenvalue weighted by atomic mass is 16.4. The fraction of sp³-hybridized carbons (Fsp3) is 0.615. The molecule has 0 spiro atoms. The molecule has 0 aliphatic carbocycles. The molecule has 0 saturated heterocycles. The first-order valence-corrected chi connectivity index (χ1v) is 6.14. The Hall–Kier alpha value is -1.85. The van der Waals surface area contributed by atoms with Crippen LogP contribution in [0.5, 0.6) is 0 Å². The quantitative estimate of drug-likeness (QED) is 0.832. The lowest BCUT2D eigenvalue weighted by Crippen LogP contribution is -2.45. The van der Waals surface area contributed by atoms with Crippen molar-refractivity contribution in [2.24, 2.45) is 7.05 Å². The number of aromatic nitrogens is 2. The fourth-order valence-electron chi connectivity index (χ4n) is 2.08. The highest BCUT2D eigenvalue weighted by Crippen LogP contribution is 2.14. The molecule has 0 aliphatic heterocycles. The normalized spacial score (nSPS) is 11.4. The van der Waals surface area contributed by atoms with Gasteiger partial charge in [0.15, 0.2) is 0 Å². The molecule has 0 radical (unpaired) electrons. The van der Waals surface area contributed by atoms with E-state index in [-0.39, 0.29) is 18.7 Å². The van der Waals surface area contributed by atoms with E-state index < -0.39 is 11.5 Å². The number of hydrogen-bond acceptors (Lipinski definition) is 3. The lowest BCUT2D eigenvalue weighted by molar-refractivity contribution is -0.138. The van der Waals surface area contributed by atoms with E-state index in [9.17, 15) is 9.59 Å². The number of amides is 1. The van der Waals surface area contributed by atoms with Gasteiger partial charge in [0.25, 0.3) is 0 Å². The van der Waals surface area contributed by atoms with Crippen molar-refractivity contribution in [3.8, 4) is 0 Å². The molecule has 106 valence electrons. The van der Waals surface area contributed by atoms with Gasteiger partial charge in [0.1, 0.15) is 0 Å². The first-order valence-electron chi connectivity index (χ1n) is 6.14. The number of nitrogens with zero attached hydrogens (tertiary/aromatic N) is 2. The van der Waals surface area contributed by atoms with Gasteiger partial charge in [-0.05, 0) is 27.7 Å². The van der Waals surface area contributed by atoms with Crippen LogP contribution < -0.4 is 5.32 Å². The molecule has 6 heteroatoms.